The van der Waals surface area contributed by atoms with E-state index in [1.54, 1.807) is 0 Å². The van der Waals surface area contributed by atoms with Gasteiger partial charge in [-0.25, -0.2) is 17.9 Å². The van der Waals surface area contributed by atoms with Crippen molar-refractivity contribution in [2.45, 2.75) is 12.3 Å². The van der Waals surface area contributed by atoms with Gasteiger partial charge >= 0.3 is 0 Å². The molecule has 0 unspecified atom stereocenters. The van der Waals surface area contributed by atoms with Gasteiger partial charge in [0.2, 0.25) is 0 Å². The first-order valence-electron chi connectivity index (χ1n) is 4.67. The molecule has 90 valence electrons. The number of hydrogen-bond donors (Lipinski definition) is 0. The summed E-state index contributed by atoms with van der Waals surface area (Å²) in [5.74, 6) is -0.774. The van der Waals surface area contributed by atoms with Crippen LogP contribution < -0.4 is 0 Å². The summed E-state index contributed by atoms with van der Waals surface area (Å²) in [5.41, 5.74) is 0.158. The second-order valence-electron chi connectivity index (χ2n) is 3.29. The number of halogens is 4. The Morgan fingerprint density at radius 2 is 2.12 bits per heavy atom. The van der Waals surface area contributed by atoms with Gasteiger partial charge in [-0.15, -0.1) is 16.7 Å². The van der Waals surface area contributed by atoms with E-state index in [9.17, 15) is 13.2 Å². The Labute approximate surface area is 99.8 Å². The van der Waals surface area contributed by atoms with Crippen molar-refractivity contribution in [2.24, 2.45) is 0 Å². The fourth-order valence-corrected chi connectivity index (χ4v) is 1.45. The van der Waals surface area contributed by atoms with Crippen molar-refractivity contribution in [3.8, 4) is 5.69 Å². The summed E-state index contributed by atoms with van der Waals surface area (Å²) in [4.78, 5) is 0. The van der Waals surface area contributed by atoms with Gasteiger partial charge in [-0.2, -0.15) is 0 Å². The third-order valence-electron chi connectivity index (χ3n) is 2.16. The second kappa shape index (κ2) is 4.75. The molecule has 17 heavy (non-hydrogen) atoms. The largest absolute Gasteiger partial charge is 0.266 e. The van der Waals surface area contributed by atoms with Crippen molar-refractivity contribution >= 4 is 11.6 Å². The maximum atomic E-state index is 13.1. The molecule has 3 nitrogen and oxygen atoms in total. The quantitative estimate of drug-likeness (QED) is 0.795. The first-order valence-corrected chi connectivity index (χ1v) is 5.20. The fourth-order valence-electron chi connectivity index (χ4n) is 1.33. The fraction of sp³-hybridized carbons (Fsp3) is 0.200. The Morgan fingerprint density at radius 3 is 2.71 bits per heavy atom. The molecule has 0 aliphatic heterocycles. The SMILES string of the molecule is Fc1ccc(-n2cc(CCl)nn2)cc1C(F)F. The molecular formula is C10H7ClF3N3. The molecule has 0 radical (unpaired) electrons. The molecule has 7 heteroatoms. The lowest BCUT2D eigenvalue weighted by Crippen LogP contribution is -1.98. The molecule has 1 aromatic carbocycles. The lowest BCUT2D eigenvalue weighted by molar-refractivity contribution is 0.146. The van der Waals surface area contributed by atoms with Crippen molar-refractivity contribution in [3.05, 3.63) is 41.5 Å². The Kier molecular flexibility index (Phi) is 3.33. The third-order valence-corrected chi connectivity index (χ3v) is 2.43. The summed E-state index contributed by atoms with van der Waals surface area (Å²) in [5, 5.41) is 7.41. The zero-order valence-electron chi connectivity index (χ0n) is 8.45. The third kappa shape index (κ3) is 2.41. The zero-order chi connectivity index (χ0) is 12.4. The van der Waals surface area contributed by atoms with E-state index in [0.717, 1.165) is 12.1 Å². The van der Waals surface area contributed by atoms with E-state index in [2.05, 4.69) is 10.3 Å². The van der Waals surface area contributed by atoms with Crippen LogP contribution in [0.1, 0.15) is 17.7 Å². The van der Waals surface area contributed by atoms with E-state index in [0.29, 0.717) is 11.4 Å². The second-order valence-corrected chi connectivity index (χ2v) is 3.56. The smallest absolute Gasteiger partial charge is 0.220 e. The maximum Gasteiger partial charge on any atom is 0.266 e. The first kappa shape index (κ1) is 11.9. The molecule has 0 bridgehead atoms. The van der Waals surface area contributed by atoms with E-state index >= 15 is 0 Å². The van der Waals surface area contributed by atoms with Gasteiger partial charge in [-0.1, -0.05) is 5.21 Å². The molecule has 0 saturated carbocycles. The van der Waals surface area contributed by atoms with Gasteiger partial charge in [0, 0.05) is 0 Å². The van der Waals surface area contributed by atoms with Gasteiger partial charge < -0.3 is 0 Å². The van der Waals surface area contributed by atoms with Crippen LogP contribution in [-0.2, 0) is 5.88 Å². The van der Waals surface area contributed by atoms with Crippen LogP contribution in [0.25, 0.3) is 5.69 Å². The van der Waals surface area contributed by atoms with E-state index in [1.807, 2.05) is 0 Å². The minimum atomic E-state index is -2.87. The first-order chi connectivity index (χ1) is 8.11. The Bertz CT molecular complexity index is 527. The molecule has 0 amide bonds. The molecule has 1 heterocycles. The van der Waals surface area contributed by atoms with Crippen LogP contribution in [0.5, 0.6) is 0 Å². The number of alkyl halides is 3. The van der Waals surface area contributed by atoms with Crippen LogP contribution in [0.15, 0.2) is 24.4 Å². The highest BCUT2D eigenvalue weighted by Gasteiger charge is 2.14. The summed E-state index contributed by atoms with van der Waals surface area (Å²) in [7, 11) is 0. The van der Waals surface area contributed by atoms with Gasteiger partial charge in [0.1, 0.15) is 5.82 Å². The number of aromatic nitrogens is 3. The average Bonchev–Trinajstić information content (AvgIpc) is 2.78. The van der Waals surface area contributed by atoms with Gasteiger partial charge in [0.05, 0.1) is 29.0 Å². The normalized spacial score (nSPS) is 11.1. The predicted molar refractivity (Wildman–Crippen MR) is 55.8 cm³/mol. The predicted octanol–water partition coefficient (Wildman–Crippen LogP) is 3.08. The summed E-state index contributed by atoms with van der Waals surface area (Å²) in [6.45, 7) is 0. The molecule has 0 atom stereocenters. The summed E-state index contributed by atoms with van der Waals surface area (Å²) < 4.78 is 39.3. The van der Waals surface area contributed by atoms with E-state index in [-0.39, 0.29) is 5.88 Å². The lowest BCUT2D eigenvalue weighted by Gasteiger charge is -2.05. The van der Waals surface area contributed by atoms with E-state index in [1.165, 1.54) is 16.9 Å². The molecular weight excluding hydrogens is 255 g/mol. The van der Waals surface area contributed by atoms with Gasteiger partial charge in [-0.3, -0.25) is 0 Å². The summed E-state index contributed by atoms with van der Waals surface area (Å²) >= 11 is 5.54. The van der Waals surface area contributed by atoms with Gasteiger partial charge in [0.15, 0.2) is 0 Å². The van der Waals surface area contributed by atoms with Crippen molar-refractivity contribution < 1.29 is 13.2 Å². The summed E-state index contributed by atoms with van der Waals surface area (Å²) in [6.07, 6.45) is -1.37. The molecule has 0 spiro atoms. The maximum absolute atomic E-state index is 13.1. The van der Waals surface area contributed by atoms with E-state index in [4.69, 9.17) is 11.6 Å². The van der Waals surface area contributed by atoms with Gasteiger partial charge in [-0.05, 0) is 18.2 Å². The van der Waals surface area contributed by atoms with Gasteiger partial charge in [0.25, 0.3) is 6.43 Å². The molecule has 0 saturated heterocycles. The topological polar surface area (TPSA) is 30.7 Å². The van der Waals surface area contributed by atoms with Crippen LogP contribution in [0.4, 0.5) is 13.2 Å². The van der Waals surface area contributed by atoms with Crippen LogP contribution in [0, 0.1) is 5.82 Å². The summed E-state index contributed by atoms with van der Waals surface area (Å²) in [6, 6.07) is 3.35. The Balaban J connectivity index is 2.42. The molecule has 2 rings (SSSR count). The highest BCUT2D eigenvalue weighted by atomic mass is 35.5. The van der Waals surface area contributed by atoms with Crippen LogP contribution in [-0.4, -0.2) is 15.0 Å². The minimum absolute atomic E-state index is 0.170. The average molecular weight is 262 g/mol. The molecule has 0 aliphatic rings. The molecule has 0 aliphatic carbocycles. The highest BCUT2D eigenvalue weighted by molar-refractivity contribution is 6.16. The van der Waals surface area contributed by atoms with Crippen molar-refractivity contribution in [2.75, 3.05) is 0 Å². The number of benzene rings is 1. The van der Waals surface area contributed by atoms with Crippen LogP contribution in [0.2, 0.25) is 0 Å². The molecule has 2 aromatic rings. The monoisotopic (exact) mass is 261 g/mol. The number of rotatable bonds is 3. The lowest BCUT2D eigenvalue weighted by atomic mass is 10.2. The van der Waals surface area contributed by atoms with Crippen molar-refractivity contribution in [1.29, 1.82) is 0 Å². The highest BCUT2D eigenvalue weighted by Crippen LogP contribution is 2.24. The van der Waals surface area contributed by atoms with Crippen LogP contribution >= 0.6 is 11.6 Å². The molecule has 1 aromatic heterocycles. The van der Waals surface area contributed by atoms with E-state index < -0.39 is 17.8 Å². The van der Waals surface area contributed by atoms with Crippen molar-refractivity contribution in [1.82, 2.24) is 15.0 Å². The number of hydrogen-bond acceptors (Lipinski definition) is 2. The Hall–Kier alpha value is -1.56. The molecule has 0 N–H and O–H groups in total. The Morgan fingerprint density at radius 1 is 1.35 bits per heavy atom. The minimum Gasteiger partial charge on any atom is -0.220 e. The van der Waals surface area contributed by atoms with Crippen LogP contribution in [0.3, 0.4) is 0 Å². The van der Waals surface area contributed by atoms with Crippen molar-refractivity contribution in [3.63, 3.8) is 0 Å². The number of nitrogens with zero attached hydrogens (tertiary/aromatic N) is 3. The molecule has 0 fully saturated rings. The zero-order valence-corrected chi connectivity index (χ0v) is 9.20. The standard InChI is InChI=1S/C10H7ClF3N3/c11-4-6-5-17(16-15-6)7-1-2-9(12)8(3-7)10(13)14/h1-3,5,10H,4H2.